The van der Waals surface area contributed by atoms with E-state index in [0.29, 0.717) is 0 Å². The molecule has 2 rings (SSSR count). The predicted molar refractivity (Wildman–Crippen MR) is 55.3 cm³/mol. The Hall–Kier alpha value is -0.150. The van der Waals surface area contributed by atoms with Crippen molar-refractivity contribution in [1.82, 2.24) is 4.98 Å². The Labute approximate surface area is 81.8 Å². The summed E-state index contributed by atoms with van der Waals surface area (Å²) in [6.45, 7) is 2.28. The van der Waals surface area contributed by atoms with Crippen molar-refractivity contribution in [3.8, 4) is 0 Å². The third-order valence-corrected chi connectivity index (χ3v) is 3.96. The molecule has 0 bridgehead atoms. The number of rotatable bonds is 1. The average Bonchev–Trinajstić information content (AvgIpc) is 2.43. The van der Waals surface area contributed by atoms with Crippen molar-refractivity contribution in [2.75, 3.05) is 0 Å². The summed E-state index contributed by atoms with van der Waals surface area (Å²) in [6.07, 6.45) is 5.11. The van der Waals surface area contributed by atoms with Crippen LogP contribution in [0.1, 0.15) is 30.3 Å². The van der Waals surface area contributed by atoms with Gasteiger partial charge >= 0.3 is 0 Å². The highest BCUT2D eigenvalue weighted by Crippen LogP contribution is 2.29. The van der Waals surface area contributed by atoms with Crippen molar-refractivity contribution in [1.29, 1.82) is 0 Å². The van der Waals surface area contributed by atoms with Gasteiger partial charge in [-0.1, -0.05) is 13.3 Å². The highest BCUT2D eigenvalue weighted by Gasteiger charge is 2.18. The van der Waals surface area contributed by atoms with Crippen molar-refractivity contribution in [2.45, 2.75) is 32.6 Å². The normalized spacial score (nSPS) is 22.2. The highest BCUT2D eigenvalue weighted by atomic mass is 32.1. The van der Waals surface area contributed by atoms with E-state index in [1.165, 1.54) is 36.3 Å². The van der Waals surface area contributed by atoms with Gasteiger partial charge in [0.25, 0.3) is 0 Å². The number of nitrogens with one attached hydrogen (secondary N) is 1. The van der Waals surface area contributed by atoms with Gasteiger partial charge in [0.15, 0.2) is 3.95 Å². The fourth-order valence-electron chi connectivity index (χ4n) is 1.82. The van der Waals surface area contributed by atoms with Crippen LogP contribution in [-0.4, -0.2) is 4.98 Å². The molecule has 1 unspecified atom stereocenters. The molecule has 1 heterocycles. The Morgan fingerprint density at radius 3 is 3.25 bits per heavy atom. The molecule has 0 amide bonds. The molecule has 0 saturated heterocycles. The highest BCUT2D eigenvalue weighted by molar-refractivity contribution is 7.73. The van der Waals surface area contributed by atoms with E-state index >= 15 is 0 Å². The van der Waals surface area contributed by atoms with Crippen LogP contribution in [0.5, 0.6) is 0 Å². The lowest BCUT2D eigenvalue weighted by Crippen LogP contribution is -2.11. The maximum Gasteiger partial charge on any atom is 0.158 e. The standard InChI is InChI=1S/C9H13NS2/c1-2-6-3-4-7-8(5-6)12-9(11)10-7/h6H,2-5H2,1H3,(H,10,11). The first-order valence-corrected chi connectivity index (χ1v) is 5.73. The fraction of sp³-hybridized carbons (Fsp3) is 0.667. The lowest BCUT2D eigenvalue weighted by molar-refractivity contribution is 0.446. The van der Waals surface area contributed by atoms with Gasteiger partial charge < -0.3 is 4.98 Å². The largest absolute Gasteiger partial charge is 0.341 e. The van der Waals surface area contributed by atoms with E-state index in [9.17, 15) is 0 Å². The van der Waals surface area contributed by atoms with Crippen molar-refractivity contribution in [3.05, 3.63) is 14.5 Å². The zero-order valence-corrected chi connectivity index (χ0v) is 8.86. The van der Waals surface area contributed by atoms with Gasteiger partial charge in [0.1, 0.15) is 0 Å². The zero-order chi connectivity index (χ0) is 8.55. The molecule has 1 atom stereocenters. The number of fused-ring (bicyclic) bond motifs is 1. The minimum atomic E-state index is 0.902. The topological polar surface area (TPSA) is 15.8 Å². The van der Waals surface area contributed by atoms with Crippen molar-refractivity contribution in [3.63, 3.8) is 0 Å². The van der Waals surface area contributed by atoms with E-state index in [2.05, 4.69) is 11.9 Å². The minimum Gasteiger partial charge on any atom is -0.341 e. The number of aryl methyl sites for hydroxylation is 1. The molecule has 0 aromatic carbocycles. The predicted octanol–water partition coefficient (Wildman–Crippen LogP) is 3.32. The molecule has 0 spiro atoms. The van der Waals surface area contributed by atoms with Crippen LogP contribution in [0.3, 0.4) is 0 Å². The molecule has 0 fully saturated rings. The number of hydrogen-bond donors (Lipinski definition) is 1. The molecule has 1 aliphatic rings. The first-order chi connectivity index (χ1) is 5.79. The molecule has 1 aliphatic carbocycles. The second-order valence-electron chi connectivity index (χ2n) is 3.43. The Kier molecular flexibility index (Phi) is 2.33. The number of H-pyrrole nitrogens is 1. The first-order valence-electron chi connectivity index (χ1n) is 4.50. The van der Waals surface area contributed by atoms with Crippen LogP contribution >= 0.6 is 23.6 Å². The van der Waals surface area contributed by atoms with Gasteiger partial charge in [-0.2, -0.15) is 0 Å². The molecule has 1 aromatic heterocycles. The number of thiazole rings is 1. The molecule has 1 aromatic rings. The fourth-order valence-corrected chi connectivity index (χ4v) is 3.24. The van der Waals surface area contributed by atoms with E-state index in [0.717, 1.165) is 9.87 Å². The Morgan fingerprint density at radius 1 is 1.67 bits per heavy atom. The van der Waals surface area contributed by atoms with E-state index in [1.807, 2.05) is 0 Å². The van der Waals surface area contributed by atoms with Gasteiger partial charge in [-0.15, -0.1) is 11.3 Å². The average molecular weight is 199 g/mol. The van der Waals surface area contributed by atoms with Gasteiger partial charge in [0.2, 0.25) is 0 Å². The summed E-state index contributed by atoms with van der Waals surface area (Å²) in [6, 6.07) is 0. The zero-order valence-electron chi connectivity index (χ0n) is 7.22. The second-order valence-corrected chi connectivity index (χ2v) is 5.21. The molecule has 0 saturated carbocycles. The number of hydrogen-bond acceptors (Lipinski definition) is 2. The molecular weight excluding hydrogens is 186 g/mol. The summed E-state index contributed by atoms with van der Waals surface area (Å²) in [5.74, 6) is 0.902. The number of aromatic amines is 1. The van der Waals surface area contributed by atoms with Crippen LogP contribution in [0.25, 0.3) is 0 Å². The van der Waals surface area contributed by atoms with Crippen LogP contribution in [0.2, 0.25) is 0 Å². The van der Waals surface area contributed by atoms with Crippen molar-refractivity contribution < 1.29 is 0 Å². The Balaban J connectivity index is 2.28. The molecular formula is C9H13NS2. The third-order valence-electron chi connectivity index (χ3n) is 2.66. The van der Waals surface area contributed by atoms with Gasteiger partial charge in [-0.3, -0.25) is 0 Å². The molecule has 1 N–H and O–H groups in total. The summed E-state index contributed by atoms with van der Waals surface area (Å²) in [4.78, 5) is 4.79. The van der Waals surface area contributed by atoms with Gasteiger partial charge in [-0.05, 0) is 37.4 Å². The molecule has 1 nitrogen and oxygen atoms in total. The molecule has 66 valence electrons. The SMILES string of the molecule is CCC1CCc2[nH]c(=S)sc2C1. The maximum absolute atomic E-state index is 5.12. The van der Waals surface area contributed by atoms with E-state index < -0.39 is 0 Å². The Morgan fingerprint density at radius 2 is 2.50 bits per heavy atom. The second kappa shape index (κ2) is 3.30. The lowest BCUT2D eigenvalue weighted by Gasteiger charge is -2.19. The molecule has 0 aliphatic heterocycles. The minimum absolute atomic E-state index is 0.902. The summed E-state index contributed by atoms with van der Waals surface area (Å²) in [5.41, 5.74) is 1.41. The molecule has 3 heteroatoms. The van der Waals surface area contributed by atoms with Crippen molar-refractivity contribution in [2.24, 2.45) is 5.92 Å². The first kappa shape index (κ1) is 8.45. The summed E-state index contributed by atoms with van der Waals surface area (Å²) in [5, 5.41) is 0. The quantitative estimate of drug-likeness (QED) is 0.686. The molecule has 12 heavy (non-hydrogen) atoms. The monoisotopic (exact) mass is 199 g/mol. The van der Waals surface area contributed by atoms with E-state index in [4.69, 9.17) is 12.2 Å². The summed E-state index contributed by atoms with van der Waals surface area (Å²) >= 11 is 6.89. The van der Waals surface area contributed by atoms with Crippen LogP contribution in [0.15, 0.2) is 0 Å². The van der Waals surface area contributed by atoms with E-state index in [-0.39, 0.29) is 0 Å². The lowest BCUT2D eigenvalue weighted by atomic mass is 9.89. The molecule has 0 radical (unpaired) electrons. The summed E-state index contributed by atoms with van der Waals surface area (Å²) < 4.78 is 0.955. The number of aromatic nitrogens is 1. The third kappa shape index (κ3) is 1.48. The van der Waals surface area contributed by atoms with Gasteiger partial charge in [-0.25, -0.2) is 0 Å². The van der Waals surface area contributed by atoms with Crippen LogP contribution in [-0.2, 0) is 12.8 Å². The van der Waals surface area contributed by atoms with Crippen LogP contribution in [0, 0.1) is 9.87 Å². The maximum atomic E-state index is 5.12. The van der Waals surface area contributed by atoms with Crippen LogP contribution < -0.4 is 0 Å². The summed E-state index contributed by atoms with van der Waals surface area (Å²) in [7, 11) is 0. The Bertz CT molecular complexity index is 324. The van der Waals surface area contributed by atoms with Crippen molar-refractivity contribution >= 4 is 23.6 Å². The van der Waals surface area contributed by atoms with Gasteiger partial charge in [0, 0.05) is 10.6 Å². The smallest absolute Gasteiger partial charge is 0.158 e. The van der Waals surface area contributed by atoms with E-state index in [1.54, 1.807) is 11.3 Å². The van der Waals surface area contributed by atoms with Gasteiger partial charge in [0.05, 0.1) is 0 Å². The van der Waals surface area contributed by atoms with Crippen LogP contribution in [0.4, 0.5) is 0 Å².